The topological polar surface area (TPSA) is 66.9 Å². The highest BCUT2D eigenvalue weighted by Gasteiger charge is 2.24. The highest BCUT2D eigenvalue weighted by Crippen LogP contribution is 2.24. The van der Waals surface area contributed by atoms with E-state index in [2.05, 4.69) is 0 Å². The van der Waals surface area contributed by atoms with Crippen LogP contribution in [-0.2, 0) is 27.7 Å². The van der Waals surface area contributed by atoms with Gasteiger partial charge in [0.15, 0.2) is 0 Å². The fourth-order valence-corrected chi connectivity index (χ4v) is 3.14. The molecule has 1 aromatic rings. The molecule has 1 aliphatic rings. The van der Waals surface area contributed by atoms with Gasteiger partial charge < -0.3 is 9.64 Å². The Kier molecular flexibility index (Phi) is 4.01. The summed E-state index contributed by atoms with van der Waals surface area (Å²) in [6, 6.07) is 5.07. The first kappa shape index (κ1) is 14.8. The van der Waals surface area contributed by atoms with E-state index in [9.17, 15) is 13.2 Å². The van der Waals surface area contributed by atoms with E-state index in [4.69, 9.17) is 4.74 Å². The highest BCUT2D eigenvalue weighted by molar-refractivity contribution is 7.89. The van der Waals surface area contributed by atoms with Gasteiger partial charge in [-0.25, -0.2) is 17.5 Å². The van der Waals surface area contributed by atoms with Crippen LogP contribution in [-0.4, -0.2) is 51.5 Å². The lowest BCUT2D eigenvalue weighted by molar-refractivity contribution is 0.118. The van der Waals surface area contributed by atoms with E-state index in [1.165, 1.54) is 25.5 Å². The van der Waals surface area contributed by atoms with Crippen LogP contribution < -0.4 is 0 Å². The number of fused-ring (bicyclic) bond motifs is 1. The smallest absolute Gasteiger partial charge is 0.409 e. The van der Waals surface area contributed by atoms with Gasteiger partial charge in [0.1, 0.15) is 0 Å². The summed E-state index contributed by atoms with van der Waals surface area (Å²) >= 11 is 0. The number of hydrogen-bond acceptors (Lipinski definition) is 4. The summed E-state index contributed by atoms with van der Waals surface area (Å²) in [5.41, 5.74) is 1.92. The maximum absolute atomic E-state index is 12.1. The van der Waals surface area contributed by atoms with Crippen molar-refractivity contribution in [3.8, 4) is 0 Å². The van der Waals surface area contributed by atoms with E-state index < -0.39 is 16.1 Å². The van der Waals surface area contributed by atoms with Gasteiger partial charge in [-0.15, -0.1) is 0 Å². The van der Waals surface area contributed by atoms with Crippen molar-refractivity contribution in [3.05, 3.63) is 29.3 Å². The minimum Gasteiger partial charge on any atom is -0.453 e. The average molecular weight is 298 g/mol. The molecule has 110 valence electrons. The van der Waals surface area contributed by atoms with Gasteiger partial charge in [-0.05, 0) is 29.7 Å². The Morgan fingerprint density at radius 1 is 1.30 bits per heavy atom. The molecular weight excluding hydrogens is 280 g/mol. The molecule has 0 N–H and O–H groups in total. The molecule has 0 atom stereocenters. The quantitative estimate of drug-likeness (QED) is 0.819. The standard InChI is InChI=1S/C13H18N2O4S/c1-14(2)20(17,18)12-5-4-10-6-7-15(13(16)19-3)9-11(10)8-12/h4-5,8H,6-7,9H2,1-3H3. The van der Waals surface area contributed by atoms with Crippen molar-refractivity contribution < 1.29 is 17.9 Å². The van der Waals surface area contributed by atoms with Crippen LogP contribution in [0.1, 0.15) is 11.1 Å². The Morgan fingerprint density at radius 3 is 2.60 bits per heavy atom. The number of carbonyl (C=O) groups excluding carboxylic acids is 1. The van der Waals surface area contributed by atoms with Crippen LogP contribution in [0.3, 0.4) is 0 Å². The number of amides is 1. The third-order valence-electron chi connectivity index (χ3n) is 3.40. The van der Waals surface area contributed by atoms with E-state index in [1.807, 2.05) is 6.07 Å². The first-order chi connectivity index (χ1) is 9.36. The van der Waals surface area contributed by atoms with Crippen LogP contribution in [0.4, 0.5) is 4.79 Å². The molecule has 6 nitrogen and oxygen atoms in total. The van der Waals surface area contributed by atoms with Crippen molar-refractivity contribution in [2.75, 3.05) is 27.7 Å². The summed E-state index contributed by atoms with van der Waals surface area (Å²) < 4.78 is 30.1. The maximum Gasteiger partial charge on any atom is 0.409 e. The number of ether oxygens (including phenoxy) is 1. The molecular formula is C13H18N2O4S. The van der Waals surface area contributed by atoms with Gasteiger partial charge in [0.25, 0.3) is 0 Å². The number of sulfonamides is 1. The van der Waals surface area contributed by atoms with Gasteiger partial charge in [0.2, 0.25) is 10.0 Å². The van der Waals surface area contributed by atoms with Crippen molar-refractivity contribution in [1.82, 2.24) is 9.21 Å². The molecule has 0 radical (unpaired) electrons. The molecule has 0 spiro atoms. The van der Waals surface area contributed by atoms with E-state index in [0.29, 0.717) is 19.5 Å². The van der Waals surface area contributed by atoms with Crippen LogP contribution in [0.15, 0.2) is 23.1 Å². The molecule has 0 saturated heterocycles. The first-order valence-electron chi connectivity index (χ1n) is 6.23. The van der Waals surface area contributed by atoms with Gasteiger partial charge in [-0.2, -0.15) is 0 Å². The third-order valence-corrected chi connectivity index (χ3v) is 5.21. The summed E-state index contributed by atoms with van der Waals surface area (Å²) in [6.45, 7) is 0.957. The summed E-state index contributed by atoms with van der Waals surface area (Å²) in [6.07, 6.45) is 0.309. The molecule has 7 heteroatoms. The zero-order chi connectivity index (χ0) is 14.9. The van der Waals surface area contributed by atoms with E-state index in [0.717, 1.165) is 11.1 Å². The van der Waals surface area contributed by atoms with Gasteiger partial charge in [-0.3, -0.25) is 0 Å². The number of hydrogen-bond donors (Lipinski definition) is 0. The lowest BCUT2D eigenvalue weighted by Gasteiger charge is -2.28. The van der Waals surface area contributed by atoms with E-state index >= 15 is 0 Å². The molecule has 0 bridgehead atoms. The van der Waals surface area contributed by atoms with Gasteiger partial charge >= 0.3 is 6.09 Å². The lowest BCUT2D eigenvalue weighted by atomic mass is 10.0. The van der Waals surface area contributed by atoms with E-state index in [1.54, 1.807) is 17.0 Å². The fraction of sp³-hybridized carbons (Fsp3) is 0.462. The second-order valence-corrected chi connectivity index (χ2v) is 7.01. The lowest BCUT2D eigenvalue weighted by Crippen LogP contribution is -2.36. The molecule has 0 unspecified atom stereocenters. The zero-order valence-corrected chi connectivity index (χ0v) is 12.6. The van der Waals surface area contributed by atoms with Gasteiger partial charge in [0.05, 0.1) is 12.0 Å². The molecule has 20 heavy (non-hydrogen) atoms. The summed E-state index contributed by atoms with van der Waals surface area (Å²) in [7, 11) is 0.874. The molecule has 1 aliphatic heterocycles. The SMILES string of the molecule is COC(=O)N1CCc2ccc(S(=O)(=O)N(C)C)cc2C1. The fourth-order valence-electron chi connectivity index (χ4n) is 2.19. The predicted octanol–water partition coefficient (Wildman–Crippen LogP) is 1.06. The average Bonchev–Trinajstić information content (AvgIpc) is 2.44. The second-order valence-electron chi connectivity index (χ2n) is 4.86. The normalized spacial score (nSPS) is 15.1. The Hall–Kier alpha value is -1.60. The van der Waals surface area contributed by atoms with Gasteiger partial charge in [0, 0.05) is 27.2 Å². The Bertz CT molecular complexity index is 625. The number of nitrogens with zero attached hydrogens (tertiary/aromatic N) is 2. The molecule has 1 aromatic carbocycles. The van der Waals surface area contributed by atoms with Crippen molar-refractivity contribution in [3.63, 3.8) is 0 Å². The molecule has 0 aliphatic carbocycles. The molecule has 0 fully saturated rings. The molecule has 0 saturated carbocycles. The zero-order valence-electron chi connectivity index (χ0n) is 11.8. The highest BCUT2D eigenvalue weighted by atomic mass is 32.2. The van der Waals surface area contributed by atoms with Crippen molar-refractivity contribution in [2.45, 2.75) is 17.9 Å². The molecule has 1 heterocycles. The number of carbonyl (C=O) groups is 1. The Balaban J connectivity index is 2.35. The summed E-state index contributed by atoms with van der Waals surface area (Å²) in [5, 5.41) is 0. The Morgan fingerprint density at radius 2 is 2.00 bits per heavy atom. The van der Waals surface area contributed by atoms with E-state index in [-0.39, 0.29) is 4.90 Å². The molecule has 2 rings (SSSR count). The van der Waals surface area contributed by atoms with Crippen LogP contribution in [0.2, 0.25) is 0 Å². The minimum atomic E-state index is -3.46. The minimum absolute atomic E-state index is 0.243. The number of rotatable bonds is 2. The largest absolute Gasteiger partial charge is 0.453 e. The monoisotopic (exact) mass is 298 g/mol. The maximum atomic E-state index is 12.1. The van der Waals surface area contributed by atoms with Crippen LogP contribution >= 0.6 is 0 Å². The molecule has 1 amide bonds. The van der Waals surface area contributed by atoms with Crippen molar-refractivity contribution in [1.29, 1.82) is 0 Å². The first-order valence-corrected chi connectivity index (χ1v) is 7.67. The van der Waals surface area contributed by atoms with Crippen molar-refractivity contribution in [2.24, 2.45) is 0 Å². The Labute approximate surface area is 119 Å². The summed E-state index contributed by atoms with van der Waals surface area (Å²) in [5.74, 6) is 0. The number of benzene rings is 1. The third kappa shape index (κ3) is 2.64. The summed E-state index contributed by atoms with van der Waals surface area (Å²) in [4.78, 5) is 13.4. The molecule has 0 aromatic heterocycles. The van der Waals surface area contributed by atoms with Gasteiger partial charge in [-0.1, -0.05) is 6.07 Å². The predicted molar refractivity (Wildman–Crippen MR) is 73.8 cm³/mol. The number of methoxy groups -OCH3 is 1. The van der Waals surface area contributed by atoms with Crippen LogP contribution in [0, 0.1) is 0 Å². The second kappa shape index (κ2) is 5.41. The van der Waals surface area contributed by atoms with Crippen LogP contribution in [0.25, 0.3) is 0 Å². The van der Waals surface area contributed by atoms with Crippen molar-refractivity contribution >= 4 is 16.1 Å². The van der Waals surface area contributed by atoms with Crippen LogP contribution in [0.5, 0.6) is 0 Å².